The van der Waals surface area contributed by atoms with Crippen molar-refractivity contribution in [1.29, 1.82) is 0 Å². The quantitative estimate of drug-likeness (QED) is 0.0765. The molecule has 2 rings (SSSR count). The Balaban J connectivity index is 1.75. The van der Waals surface area contributed by atoms with Crippen LogP contribution in [0.4, 0.5) is 0 Å². The van der Waals surface area contributed by atoms with Crippen LogP contribution in [-0.4, -0.2) is 92.6 Å². The van der Waals surface area contributed by atoms with E-state index < -0.39 is 80.1 Å². The molecule has 0 aromatic heterocycles. The second-order valence-electron chi connectivity index (χ2n) is 10.6. The lowest BCUT2D eigenvalue weighted by Crippen LogP contribution is -2.50. The Morgan fingerprint density at radius 1 is 0.562 bits per heavy atom. The summed E-state index contributed by atoms with van der Waals surface area (Å²) in [6.45, 7) is -0.799. The first kappa shape index (κ1) is 38.4. The molecule has 16 heteroatoms. The Kier molecular flexibility index (Phi) is 16.9. The number of carbonyl (C=O) groups excluding carboxylic acids is 8. The molecule has 0 fully saturated rings. The zero-order valence-electron chi connectivity index (χ0n) is 26.7. The monoisotopic (exact) mass is 666 g/mol. The van der Waals surface area contributed by atoms with Crippen LogP contribution in [0.1, 0.15) is 31.7 Å². The van der Waals surface area contributed by atoms with Gasteiger partial charge in [0.25, 0.3) is 0 Å². The minimum absolute atomic E-state index is 0.193. The number of nitrogens with one attached hydrogen (secondary N) is 7. The van der Waals surface area contributed by atoms with Gasteiger partial charge in [-0.25, -0.2) is 0 Å². The van der Waals surface area contributed by atoms with Crippen LogP contribution in [0, 0.1) is 0 Å². The molecule has 8 amide bonds. The average molecular weight is 667 g/mol. The summed E-state index contributed by atoms with van der Waals surface area (Å²) in [6, 6.07) is 16.4. The van der Waals surface area contributed by atoms with Crippen molar-refractivity contribution in [2.45, 2.75) is 38.6 Å². The number of primary amides is 1. The second-order valence-corrected chi connectivity index (χ2v) is 10.6. The molecular formula is C32H42N8O8. The van der Waals surface area contributed by atoms with Gasteiger partial charge in [-0.1, -0.05) is 67.9 Å². The van der Waals surface area contributed by atoms with Crippen molar-refractivity contribution >= 4 is 47.3 Å². The molecule has 0 spiro atoms. The number of unbranched alkanes of at least 4 members (excludes halogenated alkanes) is 1. The van der Waals surface area contributed by atoms with Crippen LogP contribution in [0.15, 0.2) is 54.6 Å². The maximum Gasteiger partial charge on any atom is 0.243 e. The number of hydrogen-bond donors (Lipinski definition) is 8. The minimum atomic E-state index is -0.937. The zero-order chi connectivity index (χ0) is 35.3. The van der Waals surface area contributed by atoms with Gasteiger partial charge in [-0.2, -0.15) is 0 Å². The molecule has 1 atom stereocenters. The minimum Gasteiger partial charge on any atom is -0.368 e. The van der Waals surface area contributed by atoms with Gasteiger partial charge in [-0.15, -0.1) is 0 Å². The van der Waals surface area contributed by atoms with Crippen molar-refractivity contribution < 1.29 is 38.4 Å². The van der Waals surface area contributed by atoms with Crippen LogP contribution < -0.4 is 43.0 Å². The third kappa shape index (κ3) is 16.0. The Bertz CT molecular complexity index is 1430. The fourth-order valence-corrected chi connectivity index (χ4v) is 4.02. The normalized spacial score (nSPS) is 10.9. The highest BCUT2D eigenvalue weighted by Crippen LogP contribution is 2.19. The van der Waals surface area contributed by atoms with Crippen molar-refractivity contribution in [2.24, 2.45) is 5.73 Å². The van der Waals surface area contributed by atoms with Crippen molar-refractivity contribution in [3.63, 3.8) is 0 Å². The maximum atomic E-state index is 13.0. The topological polar surface area (TPSA) is 247 Å². The van der Waals surface area contributed by atoms with Crippen LogP contribution in [0.5, 0.6) is 0 Å². The summed E-state index contributed by atoms with van der Waals surface area (Å²) in [5.41, 5.74) is 7.74. The van der Waals surface area contributed by atoms with E-state index in [1.165, 1.54) is 0 Å². The maximum absolute atomic E-state index is 13.0. The zero-order valence-corrected chi connectivity index (χ0v) is 26.7. The van der Waals surface area contributed by atoms with Crippen LogP contribution in [-0.2, 0) is 44.8 Å². The van der Waals surface area contributed by atoms with Gasteiger partial charge >= 0.3 is 0 Å². The standard InChI is InChI=1S/C32H42N8O8/c1-2-3-9-26(42)40-24(14-21-10-12-23(13-11-21)22-7-5-4-6-8-22)32(48)39-20-31(47)38-19-30(46)37-18-29(45)36-17-28(44)35-16-27(43)34-15-25(33)41/h4-8,10-13,24H,2-3,9,14-20H2,1H3,(H2,33,41)(H,34,43)(H,35,44)(H,36,45)(H,37,46)(H,38,47)(H,39,48)(H,40,42)/t24-/m0/s1. The molecule has 2 aromatic rings. The van der Waals surface area contributed by atoms with Crippen LogP contribution in [0.2, 0.25) is 0 Å². The molecule has 0 aliphatic carbocycles. The lowest BCUT2D eigenvalue weighted by molar-refractivity contribution is -0.131. The Morgan fingerprint density at radius 3 is 1.46 bits per heavy atom. The molecule has 16 nitrogen and oxygen atoms in total. The molecule has 0 radical (unpaired) electrons. The van der Waals surface area contributed by atoms with E-state index in [9.17, 15) is 38.4 Å². The highest BCUT2D eigenvalue weighted by molar-refractivity contribution is 5.93. The lowest BCUT2D eigenvalue weighted by atomic mass is 10.00. The van der Waals surface area contributed by atoms with Gasteiger partial charge in [-0.05, 0) is 23.1 Å². The predicted octanol–water partition coefficient (Wildman–Crippen LogP) is -2.25. The summed E-state index contributed by atoms with van der Waals surface area (Å²) in [4.78, 5) is 95.5. The summed E-state index contributed by atoms with van der Waals surface area (Å²) < 4.78 is 0. The smallest absolute Gasteiger partial charge is 0.243 e. The Hall–Kier alpha value is -5.80. The fraction of sp³-hybridized carbons (Fsp3) is 0.375. The van der Waals surface area contributed by atoms with E-state index in [1.54, 1.807) is 0 Å². The number of amides is 8. The first-order chi connectivity index (χ1) is 23.0. The van der Waals surface area contributed by atoms with Gasteiger partial charge in [0, 0.05) is 12.8 Å². The number of hydrogen-bond acceptors (Lipinski definition) is 8. The first-order valence-corrected chi connectivity index (χ1v) is 15.3. The van der Waals surface area contributed by atoms with Crippen molar-refractivity contribution in [3.05, 3.63) is 60.2 Å². The van der Waals surface area contributed by atoms with E-state index in [-0.39, 0.29) is 25.3 Å². The third-order valence-corrected chi connectivity index (χ3v) is 6.58. The average Bonchev–Trinajstić information content (AvgIpc) is 3.08. The molecule has 2 aromatic carbocycles. The molecule has 0 heterocycles. The van der Waals surface area contributed by atoms with E-state index in [1.807, 2.05) is 61.5 Å². The summed E-state index contributed by atoms with van der Waals surface area (Å²) in [7, 11) is 0. The molecule has 258 valence electrons. The summed E-state index contributed by atoms with van der Waals surface area (Å²) >= 11 is 0. The highest BCUT2D eigenvalue weighted by atomic mass is 16.2. The summed E-state index contributed by atoms with van der Waals surface area (Å²) in [5, 5.41) is 16.4. The number of benzene rings is 2. The molecule has 0 saturated carbocycles. The molecule has 9 N–H and O–H groups in total. The van der Waals surface area contributed by atoms with Gasteiger partial charge in [0.2, 0.25) is 47.3 Å². The summed E-state index contributed by atoms with van der Waals surface area (Å²) in [5.74, 6) is -5.05. The van der Waals surface area contributed by atoms with Crippen LogP contribution in [0.3, 0.4) is 0 Å². The molecule has 0 bridgehead atoms. The van der Waals surface area contributed by atoms with Crippen LogP contribution >= 0.6 is 0 Å². The van der Waals surface area contributed by atoms with Gasteiger partial charge < -0.3 is 43.0 Å². The van der Waals surface area contributed by atoms with E-state index in [0.717, 1.165) is 23.1 Å². The second kappa shape index (κ2) is 21.1. The third-order valence-electron chi connectivity index (χ3n) is 6.58. The molecular weight excluding hydrogens is 624 g/mol. The lowest BCUT2D eigenvalue weighted by Gasteiger charge is -2.19. The largest absolute Gasteiger partial charge is 0.368 e. The molecule has 0 unspecified atom stereocenters. The van der Waals surface area contributed by atoms with Crippen molar-refractivity contribution in [3.8, 4) is 11.1 Å². The van der Waals surface area contributed by atoms with E-state index in [4.69, 9.17) is 5.73 Å². The number of nitrogens with two attached hydrogens (primary N) is 1. The van der Waals surface area contributed by atoms with Crippen molar-refractivity contribution in [2.75, 3.05) is 39.3 Å². The Morgan fingerprint density at radius 2 is 1.00 bits per heavy atom. The molecule has 0 saturated heterocycles. The van der Waals surface area contributed by atoms with E-state index >= 15 is 0 Å². The SMILES string of the molecule is CCCCC(=O)N[C@@H](Cc1ccc(-c2ccccc2)cc1)C(=O)NCC(=O)NCC(=O)NCC(=O)NCC(=O)NCC(=O)NCC(N)=O. The predicted molar refractivity (Wildman–Crippen MR) is 174 cm³/mol. The molecule has 0 aliphatic heterocycles. The Labute approximate surface area is 277 Å². The molecule has 48 heavy (non-hydrogen) atoms. The van der Waals surface area contributed by atoms with E-state index in [2.05, 4.69) is 37.2 Å². The van der Waals surface area contributed by atoms with Gasteiger partial charge in [0.1, 0.15) is 6.04 Å². The van der Waals surface area contributed by atoms with Gasteiger partial charge in [0.05, 0.1) is 39.3 Å². The summed E-state index contributed by atoms with van der Waals surface area (Å²) in [6.07, 6.45) is 1.92. The number of rotatable bonds is 20. The van der Waals surface area contributed by atoms with Crippen molar-refractivity contribution in [1.82, 2.24) is 37.2 Å². The first-order valence-electron chi connectivity index (χ1n) is 15.3. The highest BCUT2D eigenvalue weighted by Gasteiger charge is 2.22. The fourth-order valence-electron chi connectivity index (χ4n) is 4.02. The molecule has 0 aliphatic rings. The van der Waals surface area contributed by atoms with E-state index in [0.29, 0.717) is 6.42 Å². The van der Waals surface area contributed by atoms with Gasteiger partial charge in [-0.3, -0.25) is 38.4 Å². The number of carbonyl (C=O) groups is 8. The van der Waals surface area contributed by atoms with Gasteiger partial charge in [0.15, 0.2) is 0 Å². The van der Waals surface area contributed by atoms with Crippen LogP contribution in [0.25, 0.3) is 11.1 Å².